The van der Waals surface area contributed by atoms with E-state index >= 15 is 0 Å². The smallest absolute Gasteiger partial charge is 0.296 e. The van der Waals surface area contributed by atoms with Crippen molar-refractivity contribution < 1.29 is 13.2 Å². The quantitative estimate of drug-likeness (QED) is 0.765. The molecule has 1 aromatic carbocycles. The molecule has 0 amide bonds. The summed E-state index contributed by atoms with van der Waals surface area (Å²) in [5.41, 5.74) is 0.377. The van der Waals surface area contributed by atoms with Crippen molar-refractivity contribution in [3.8, 4) is 0 Å². The number of halogens is 3. The van der Waals surface area contributed by atoms with Crippen molar-refractivity contribution in [1.29, 1.82) is 0 Å². The van der Waals surface area contributed by atoms with Gasteiger partial charge < -0.3 is 0 Å². The predicted octanol–water partition coefficient (Wildman–Crippen LogP) is 3.69. The lowest BCUT2D eigenvalue weighted by Gasteiger charge is -2.21. The van der Waals surface area contributed by atoms with Gasteiger partial charge in [0.25, 0.3) is 0 Å². The molecule has 1 nitrogen and oxygen atoms in total. The van der Waals surface area contributed by atoms with E-state index in [1.165, 1.54) is 12.8 Å². The SMILES string of the molecule is C[C@H]1CCCN1Cc1ccc(C(F)(F)F)cc1. The minimum absolute atomic E-state index is 0.539. The van der Waals surface area contributed by atoms with Crippen LogP contribution in [0.1, 0.15) is 30.9 Å². The van der Waals surface area contributed by atoms with E-state index in [0.717, 1.165) is 30.8 Å². The molecule has 17 heavy (non-hydrogen) atoms. The van der Waals surface area contributed by atoms with E-state index in [9.17, 15) is 13.2 Å². The predicted molar refractivity (Wildman–Crippen MR) is 60.6 cm³/mol. The minimum Gasteiger partial charge on any atom is -0.296 e. The van der Waals surface area contributed by atoms with Gasteiger partial charge in [0.1, 0.15) is 0 Å². The molecule has 1 heterocycles. The van der Waals surface area contributed by atoms with Gasteiger partial charge in [0.05, 0.1) is 5.56 Å². The van der Waals surface area contributed by atoms with Crippen LogP contribution in [0.25, 0.3) is 0 Å². The molecule has 0 saturated carbocycles. The molecular formula is C13H16F3N. The van der Waals surface area contributed by atoms with Gasteiger partial charge in [-0.3, -0.25) is 4.90 Å². The third-order valence-electron chi connectivity index (χ3n) is 3.36. The number of alkyl halides is 3. The van der Waals surface area contributed by atoms with Crippen LogP contribution in [0, 0.1) is 0 Å². The van der Waals surface area contributed by atoms with Crippen LogP contribution in [-0.2, 0) is 12.7 Å². The lowest BCUT2D eigenvalue weighted by molar-refractivity contribution is -0.137. The summed E-state index contributed by atoms with van der Waals surface area (Å²) in [5.74, 6) is 0. The summed E-state index contributed by atoms with van der Waals surface area (Å²) in [6, 6.07) is 6.02. The van der Waals surface area contributed by atoms with Crippen LogP contribution in [0.2, 0.25) is 0 Å². The lowest BCUT2D eigenvalue weighted by atomic mass is 10.1. The molecule has 2 rings (SSSR count). The standard InChI is InChI=1S/C13H16F3N/c1-10-3-2-8-17(10)9-11-4-6-12(7-5-11)13(14,15)16/h4-7,10H,2-3,8-9H2,1H3/t10-/m0/s1. The van der Waals surface area contributed by atoms with Gasteiger partial charge in [0, 0.05) is 12.6 Å². The molecule has 1 fully saturated rings. The van der Waals surface area contributed by atoms with Crippen LogP contribution in [0.5, 0.6) is 0 Å². The first kappa shape index (κ1) is 12.4. The van der Waals surface area contributed by atoms with Crippen molar-refractivity contribution in [3.05, 3.63) is 35.4 Å². The first-order chi connectivity index (χ1) is 7.97. The van der Waals surface area contributed by atoms with Gasteiger partial charge >= 0.3 is 6.18 Å². The number of hydrogen-bond acceptors (Lipinski definition) is 1. The van der Waals surface area contributed by atoms with E-state index in [-0.39, 0.29) is 0 Å². The van der Waals surface area contributed by atoms with Gasteiger partial charge in [-0.1, -0.05) is 12.1 Å². The molecule has 0 radical (unpaired) electrons. The maximum absolute atomic E-state index is 12.4. The Morgan fingerprint density at radius 2 is 1.88 bits per heavy atom. The van der Waals surface area contributed by atoms with Gasteiger partial charge in [-0.15, -0.1) is 0 Å². The van der Waals surface area contributed by atoms with Crippen molar-refractivity contribution >= 4 is 0 Å². The molecular weight excluding hydrogens is 227 g/mol. The van der Waals surface area contributed by atoms with Crippen LogP contribution in [-0.4, -0.2) is 17.5 Å². The Morgan fingerprint density at radius 3 is 2.35 bits per heavy atom. The van der Waals surface area contributed by atoms with Crippen LogP contribution in [0.3, 0.4) is 0 Å². The summed E-state index contributed by atoms with van der Waals surface area (Å²) in [6.45, 7) is 3.96. The maximum atomic E-state index is 12.4. The molecule has 0 N–H and O–H groups in total. The lowest BCUT2D eigenvalue weighted by Crippen LogP contribution is -2.26. The Balaban J connectivity index is 2.03. The Kier molecular flexibility index (Phi) is 3.43. The fourth-order valence-corrected chi connectivity index (χ4v) is 2.26. The Morgan fingerprint density at radius 1 is 1.24 bits per heavy atom. The summed E-state index contributed by atoms with van der Waals surface area (Å²) in [6.07, 6.45) is -1.87. The van der Waals surface area contributed by atoms with E-state index in [2.05, 4.69) is 11.8 Å². The highest BCUT2D eigenvalue weighted by atomic mass is 19.4. The Labute approximate surface area is 99.2 Å². The number of likely N-dealkylation sites (tertiary alicyclic amines) is 1. The topological polar surface area (TPSA) is 3.24 Å². The minimum atomic E-state index is -4.24. The fraction of sp³-hybridized carbons (Fsp3) is 0.538. The first-order valence-electron chi connectivity index (χ1n) is 5.87. The maximum Gasteiger partial charge on any atom is 0.416 e. The normalized spacial score (nSPS) is 22.0. The summed E-state index contributed by atoms with van der Waals surface area (Å²) in [7, 11) is 0. The number of rotatable bonds is 2. The highest BCUT2D eigenvalue weighted by molar-refractivity contribution is 5.24. The van der Waals surface area contributed by atoms with Crippen molar-refractivity contribution in [1.82, 2.24) is 4.90 Å². The molecule has 4 heteroatoms. The van der Waals surface area contributed by atoms with Gasteiger partial charge in [-0.05, 0) is 44.0 Å². The Hall–Kier alpha value is -1.03. The van der Waals surface area contributed by atoms with Crippen LogP contribution in [0.15, 0.2) is 24.3 Å². The second-order valence-electron chi connectivity index (χ2n) is 4.66. The largest absolute Gasteiger partial charge is 0.416 e. The molecule has 94 valence electrons. The van der Waals surface area contributed by atoms with Gasteiger partial charge in [-0.25, -0.2) is 0 Å². The summed E-state index contributed by atoms with van der Waals surface area (Å²) in [5, 5.41) is 0. The Bertz CT molecular complexity index is 369. The highest BCUT2D eigenvalue weighted by Crippen LogP contribution is 2.29. The van der Waals surface area contributed by atoms with Gasteiger partial charge in [-0.2, -0.15) is 13.2 Å². The molecule has 0 spiro atoms. The van der Waals surface area contributed by atoms with Crippen molar-refractivity contribution in [3.63, 3.8) is 0 Å². The summed E-state index contributed by atoms with van der Waals surface area (Å²) in [4.78, 5) is 2.31. The number of nitrogens with zero attached hydrogens (tertiary/aromatic N) is 1. The van der Waals surface area contributed by atoms with Crippen LogP contribution >= 0.6 is 0 Å². The van der Waals surface area contributed by atoms with Crippen LogP contribution in [0.4, 0.5) is 13.2 Å². The molecule has 0 bridgehead atoms. The van der Waals surface area contributed by atoms with Gasteiger partial charge in [0.2, 0.25) is 0 Å². The summed E-state index contributed by atoms with van der Waals surface area (Å²) < 4.78 is 37.1. The number of hydrogen-bond donors (Lipinski definition) is 0. The first-order valence-corrected chi connectivity index (χ1v) is 5.87. The molecule has 1 aliphatic rings. The zero-order valence-corrected chi connectivity index (χ0v) is 9.80. The molecule has 1 atom stereocenters. The molecule has 0 aromatic heterocycles. The van der Waals surface area contributed by atoms with E-state index in [1.807, 2.05) is 0 Å². The van der Waals surface area contributed by atoms with E-state index in [1.54, 1.807) is 12.1 Å². The third kappa shape index (κ3) is 3.00. The second-order valence-corrected chi connectivity index (χ2v) is 4.66. The fourth-order valence-electron chi connectivity index (χ4n) is 2.26. The van der Waals surface area contributed by atoms with Gasteiger partial charge in [0.15, 0.2) is 0 Å². The summed E-state index contributed by atoms with van der Waals surface area (Å²) >= 11 is 0. The second kappa shape index (κ2) is 4.69. The molecule has 1 aromatic rings. The number of benzene rings is 1. The zero-order chi connectivity index (χ0) is 12.5. The van der Waals surface area contributed by atoms with Crippen molar-refractivity contribution in [2.75, 3.05) is 6.54 Å². The highest BCUT2D eigenvalue weighted by Gasteiger charge is 2.30. The van der Waals surface area contributed by atoms with E-state index in [0.29, 0.717) is 6.04 Å². The molecule has 0 unspecified atom stereocenters. The van der Waals surface area contributed by atoms with Crippen molar-refractivity contribution in [2.45, 2.75) is 38.5 Å². The van der Waals surface area contributed by atoms with Crippen molar-refractivity contribution in [2.24, 2.45) is 0 Å². The molecule has 0 aliphatic carbocycles. The van der Waals surface area contributed by atoms with E-state index in [4.69, 9.17) is 0 Å². The zero-order valence-electron chi connectivity index (χ0n) is 9.80. The average molecular weight is 243 g/mol. The van der Waals surface area contributed by atoms with Crippen LogP contribution < -0.4 is 0 Å². The molecule has 1 aliphatic heterocycles. The monoisotopic (exact) mass is 243 g/mol. The average Bonchev–Trinajstić information content (AvgIpc) is 2.64. The molecule has 1 saturated heterocycles. The third-order valence-corrected chi connectivity index (χ3v) is 3.36. The van der Waals surface area contributed by atoms with E-state index < -0.39 is 11.7 Å².